The van der Waals surface area contributed by atoms with Gasteiger partial charge < -0.3 is 15.0 Å². The number of amides is 2. The Hall–Kier alpha value is -2.04. The quantitative estimate of drug-likeness (QED) is 0.801. The van der Waals surface area contributed by atoms with Gasteiger partial charge in [0.05, 0.1) is 5.41 Å². The number of hydrogen-bond donors (Lipinski definition) is 1. The summed E-state index contributed by atoms with van der Waals surface area (Å²) in [7, 11) is 0. The number of aryl methyl sites for hydroxylation is 1. The fourth-order valence-corrected chi connectivity index (χ4v) is 3.22. The maximum Gasteiger partial charge on any atom is 0.410 e. The Morgan fingerprint density at radius 1 is 1.36 bits per heavy atom. The molecule has 0 aliphatic carbocycles. The standard InChI is InChI=1S/C17H22N2O3/c1-11-5-6-13-12(9-11)17(14(20)18-13)7-8-19(10-17)15(21)22-16(2,3)4/h5-6,9H,7-8,10H2,1-4H3,(H,18,20)/t17-/m0/s1. The number of ether oxygens (including phenoxy) is 1. The predicted octanol–water partition coefficient (Wildman–Crippen LogP) is 2.83. The van der Waals surface area contributed by atoms with Gasteiger partial charge >= 0.3 is 6.09 Å². The average molecular weight is 302 g/mol. The molecule has 118 valence electrons. The van der Waals surface area contributed by atoms with Crippen molar-refractivity contribution < 1.29 is 14.3 Å². The summed E-state index contributed by atoms with van der Waals surface area (Å²) in [5.41, 5.74) is 1.83. The smallest absolute Gasteiger partial charge is 0.410 e. The van der Waals surface area contributed by atoms with Crippen molar-refractivity contribution >= 4 is 17.7 Å². The van der Waals surface area contributed by atoms with Crippen LogP contribution in [-0.4, -0.2) is 35.6 Å². The summed E-state index contributed by atoms with van der Waals surface area (Å²) < 4.78 is 5.43. The minimum atomic E-state index is -0.627. The van der Waals surface area contributed by atoms with Gasteiger partial charge in [-0.3, -0.25) is 4.79 Å². The highest BCUT2D eigenvalue weighted by molar-refractivity contribution is 6.07. The van der Waals surface area contributed by atoms with E-state index < -0.39 is 11.0 Å². The van der Waals surface area contributed by atoms with Gasteiger partial charge in [-0.15, -0.1) is 0 Å². The normalized spacial score (nSPS) is 23.6. The average Bonchev–Trinajstić information content (AvgIpc) is 2.94. The molecule has 2 aliphatic heterocycles. The number of anilines is 1. The second kappa shape index (κ2) is 4.73. The second-order valence-corrected chi connectivity index (χ2v) is 7.24. The number of nitrogens with zero attached hydrogens (tertiary/aromatic N) is 1. The Balaban J connectivity index is 1.87. The van der Waals surface area contributed by atoms with E-state index in [1.54, 1.807) is 4.90 Å². The Morgan fingerprint density at radius 3 is 2.77 bits per heavy atom. The van der Waals surface area contributed by atoms with Gasteiger partial charge in [0.1, 0.15) is 5.60 Å². The van der Waals surface area contributed by atoms with E-state index in [2.05, 4.69) is 5.32 Å². The van der Waals surface area contributed by atoms with Crippen LogP contribution < -0.4 is 5.32 Å². The highest BCUT2D eigenvalue weighted by Gasteiger charge is 2.52. The van der Waals surface area contributed by atoms with Crippen LogP contribution in [0.25, 0.3) is 0 Å². The molecule has 1 saturated heterocycles. The van der Waals surface area contributed by atoms with E-state index in [1.165, 1.54) is 0 Å². The minimum absolute atomic E-state index is 0.0147. The third kappa shape index (κ3) is 2.34. The maximum atomic E-state index is 12.5. The van der Waals surface area contributed by atoms with Crippen molar-refractivity contribution in [1.29, 1.82) is 0 Å². The van der Waals surface area contributed by atoms with E-state index in [4.69, 9.17) is 4.74 Å². The van der Waals surface area contributed by atoms with Crippen molar-refractivity contribution in [2.75, 3.05) is 18.4 Å². The first-order valence-corrected chi connectivity index (χ1v) is 7.62. The first kappa shape index (κ1) is 14.9. The van der Waals surface area contributed by atoms with E-state index in [9.17, 15) is 9.59 Å². The lowest BCUT2D eigenvalue weighted by molar-refractivity contribution is -0.120. The van der Waals surface area contributed by atoms with Gasteiger partial charge in [0, 0.05) is 18.8 Å². The number of benzene rings is 1. The maximum absolute atomic E-state index is 12.5. The number of likely N-dealkylation sites (tertiary alicyclic amines) is 1. The van der Waals surface area contributed by atoms with Crippen LogP contribution in [0.1, 0.15) is 38.3 Å². The zero-order chi connectivity index (χ0) is 16.1. The Kier molecular flexibility index (Phi) is 3.20. The summed E-state index contributed by atoms with van der Waals surface area (Å²) in [6.07, 6.45) is 0.285. The van der Waals surface area contributed by atoms with E-state index >= 15 is 0 Å². The molecule has 1 N–H and O–H groups in total. The molecule has 5 heteroatoms. The van der Waals surface area contributed by atoms with Gasteiger partial charge in [0.15, 0.2) is 0 Å². The zero-order valence-electron chi connectivity index (χ0n) is 13.5. The Morgan fingerprint density at radius 2 is 2.09 bits per heavy atom. The second-order valence-electron chi connectivity index (χ2n) is 7.24. The molecular formula is C17H22N2O3. The molecule has 1 aromatic rings. The van der Waals surface area contributed by atoms with Crippen LogP contribution in [0.15, 0.2) is 18.2 Å². The summed E-state index contributed by atoms with van der Waals surface area (Å²) in [6.45, 7) is 8.46. The van der Waals surface area contributed by atoms with Crippen LogP contribution >= 0.6 is 0 Å². The highest BCUT2D eigenvalue weighted by Crippen LogP contribution is 2.44. The molecule has 0 radical (unpaired) electrons. The molecule has 0 bridgehead atoms. The zero-order valence-corrected chi connectivity index (χ0v) is 13.5. The molecule has 2 aliphatic rings. The molecule has 0 aromatic heterocycles. The third-order valence-corrected chi connectivity index (χ3v) is 4.29. The van der Waals surface area contributed by atoms with Gasteiger partial charge in [0.25, 0.3) is 0 Å². The molecule has 1 fully saturated rings. The molecule has 3 rings (SSSR count). The van der Waals surface area contributed by atoms with Gasteiger partial charge in [0.2, 0.25) is 5.91 Å². The Labute approximate surface area is 130 Å². The van der Waals surface area contributed by atoms with Gasteiger partial charge in [-0.2, -0.15) is 0 Å². The molecular weight excluding hydrogens is 280 g/mol. The summed E-state index contributed by atoms with van der Waals surface area (Å²) in [5, 5.41) is 2.95. The largest absolute Gasteiger partial charge is 0.444 e. The Bertz CT molecular complexity index is 648. The van der Waals surface area contributed by atoms with Crippen LogP contribution in [-0.2, 0) is 14.9 Å². The van der Waals surface area contributed by atoms with Crippen molar-refractivity contribution in [2.45, 2.75) is 45.1 Å². The van der Waals surface area contributed by atoms with Crippen molar-refractivity contribution in [3.05, 3.63) is 29.3 Å². The van der Waals surface area contributed by atoms with Gasteiger partial charge in [-0.05, 0) is 45.7 Å². The number of carbonyl (C=O) groups excluding carboxylic acids is 2. The first-order chi connectivity index (χ1) is 10.2. The SMILES string of the molecule is Cc1ccc2c(c1)[C@@]1(CCN(C(=O)OC(C)(C)C)C1)C(=O)N2. The molecule has 2 heterocycles. The number of hydrogen-bond acceptors (Lipinski definition) is 3. The monoisotopic (exact) mass is 302 g/mol. The summed E-state index contributed by atoms with van der Waals surface area (Å²) in [5.74, 6) is -0.0147. The predicted molar refractivity (Wildman–Crippen MR) is 83.9 cm³/mol. The highest BCUT2D eigenvalue weighted by atomic mass is 16.6. The molecule has 1 aromatic carbocycles. The van der Waals surface area contributed by atoms with Crippen LogP contribution in [0.3, 0.4) is 0 Å². The topological polar surface area (TPSA) is 58.6 Å². The molecule has 1 atom stereocenters. The van der Waals surface area contributed by atoms with Crippen molar-refractivity contribution in [1.82, 2.24) is 4.90 Å². The number of rotatable bonds is 0. The van der Waals surface area contributed by atoms with Crippen LogP contribution in [0.2, 0.25) is 0 Å². The van der Waals surface area contributed by atoms with E-state index in [-0.39, 0.29) is 12.0 Å². The van der Waals surface area contributed by atoms with Crippen molar-refractivity contribution in [2.24, 2.45) is 0 Å². The van der Waals surface area contributed by atoms with E-state index in [1.807, 2.05) is 45.9 Å². The van der Waals surface area contributed by atoms with Crippen LogP contribution in [0.4, 0.5) is 10.5 Å². The van der Waals surface area contributed by atoms with E-state index in [0.29, 0.717) is 19.5 Å². The third-order valence-electron chi connectivity index (χ3n) is 4.29. The summed E-state index contributed by atoms with van der Waals surface area (Å²) >= 11 is 0. The minimum Gasteiger partial charge on any atom is -0.444 e. The molecule has 2 amide bonds. The summed E-state index contributed by atoms with van der Waals surface area (Å²) in [4.78, 5) is 26.4. The molecule has 0 unspecified atom stereocenters. The van der Waals surface area contributed by atoms with Crippen molar-refractivity contribution in [3.63, 3.8) is 0 Å². The van der Waals surface area contributed by atoms with Gasteiger partial charge in [-0.25, -0.2) is 4.79 Å². The first-order valence-electron chi connectivity index (χ1n) is 7.62. The fourth-order valence-electron chi connectivity index (χ4n) is 3.22. The molecule has 0 saturated carbocycles. The van der Waals surface area contributed by atoms with Crippen molar-refractivity contribution in [3.8, 4) is 0 Å². The number of carbonyl (C=O) groups is 2. The van der Waals surface area contributed by atoms with Crippen LogP contribution in [0, 0.1) is 6.92 Å². The van der Waals surface area contributed by atoms with Crippen LogP contribution in [0.5, 0.6) is 0 Å². The summed E-state index contributed by atoms with van der Waals surface area (Å²) in [6, 6.07) is 5.97. The lowest BCUT2D eigenvalue weighted by atomic mass is 9.80. The van der Waals surface area contributed by atoms with E-state index in [0.717, 1.165) is 16.8 Å². The molecule has 22 heavy (non-hydrogen) atoms. The lowest BCUT2D eigenvalue weighted by Gasteiger charge is -2.26. The number of nitrogens with one attached hydrogen (secondary N) is 1. The fraction of sp³-hybridized carbons (Fsp3) is 0.529. The van der Waals surface area contributed by atoms with Gasteiger partial charge in [-0.1, -0.05) is 17.7 Å². The molecule has 1 spiro atoms. The lowest BCUT2D eigenvalue weighted by Crippen LogP contribution is -2.41. The molecule has 5 nitrogen and oxygen atoms in total. The number of fused-ring (bicyclic) bond motifs is 2.